The van der Waals surface area contributed by atoms with Crippen LogP contribution in [-0.2, 0) is 0 Å². The first-order valence-corrected chi connectivity index (χ1v) is 10.6. The molecule has 0 saturated carbocycles. The minimum Gasteiger partial charge on any atom is -0.334 e. The van der Waals surface area contributed by atoms with Crippen LogP contribution in [0.25, 0.3) is 21.9 Å². The van der Waals surface area contributed by atoms with Crippen molar-refractivity contribution in [1.82, 2.24) is 0 Å². The van der Waals surface area contributed by atoms with E-state index in [1.807, 2.05) is 0 Å². The second-order valence-electron chi connectivity index (χ2n) is 7.90. The van der Waals surface area contributed by atoms with E-state index in [4.69, 9.17) is 0 Å². The van der Waals surface area contributed by atoms with Crippen LogP contribution in [0.3, 0.4) is 0 Å². The summed E-state index contributed by atoms with van der Waals surface area (Å²) in [5, 5.41) is 2.55. The maximum absolute atomic E-state index is 2.47. The monoisotopic (exact) mass is 387 g/mol. The molecule has 4 aromatic carbocycles. The number of allylic oxidation sites excluding steroid dienone is 2. The highest BCUT2D eigenvalue weighted by atomic mass is 15.2. The van der Waals surface area contributed by atoms with E-state index in [0.29, 0.717) is 6.04 Å². The lowest BCUT2D eigenvalue weighted by molar-refractivity contribution is 0.787. The number of nitrogens with zero attached hydrogens (tertiary/aromatic N) is 1. The standard InChI is InChI=1S/C29H25N/c1-22-14-16-23(17-15-22)24-18-20-27(21-19-24)30(26-10-3-2-4-11-26)29-13-7-9-25-8-5-6-12-28(25)29/h2-10,12-21,26H,11H2,1H3. The maximum Gasteiger partial charge on any atom is 0.0560 e. The first-order valence-electron chi connectivity index (χ1n) is 10.6. The van der Waals surface area contributed by atoms with E-state index in [2.05, 4.69) is 127 Å². The van der Waals surface area contributed by atoms with Gasteiger partial charge in [0.25, 0.3) is 0 Å². The number of rotatable bonds is 4. The van der Waals surface area contributed by atoms with Gasteiger partial charge in [0.15, 0.2) is 0 Å². The number of benzene rings is 4. The Morgan fingerprint density at radius 2 is 1.40 bits per heavy atom. The Morgan fingerprint density at radius 3 is 2.13 bits per heavy atom. The fourth-order valence-corrected chi connectivity index (χ4v) is 4.25. The summed E-state index contributed by atoms with van der Waals surface area (Å²) in [5.41, 5.74) is 6.25. The van der Waals surface area contributed by atoms with Crippen LogP contribution in [0.4, 0.5) is 11.4 Å². The van der Waals surface area contributed by atoms with Crippen molar-refractivity contribution in [2.75, 3.05) is 4.90 Å². The molecular formula is C29H25N. The van der Waals surface area contributed by atoms with Crippen LogP contribution < -0.4 is 4.90 Å². The molecule has 0 N–H and O–H groups in total. The molecule has 0 radical (unpaired) electrons. The Morgan fingerprint density at radius 1 is 0.700 bits per heavy atom. The summed E-state index contributed by atoms with van der Waals surface area (Å²) in [7, 11) is 0. The summed E-state index contributed by atoms with van der Waals surface area (Å²) < 4.78 is 0. The zero-order chi connectivity index (χ0) is 20.3. The van der Waals surface area contributed by atoms with Crippen molar-refractivity contribution in [3.63, 3.8) is 0 Å². The summed E-state index contributed by atoms with van der Waals surface area (Å²) >= 11 is 0. The van der Waals surface area contributed by atoms with Gasteiger partial charge in [-0.1, -0.05) is 103 Å². The number of fused-ring (bicyclic) bond motifs is 1. The number of aryl methyl sites for hydroxylation is 1. The summed E-state index contributed by atoms with van der Waals surface area (Å²) in [6.45, 7) is 2.13. The van der Waals surface area contributed by atoms with Crippen molar-refractivity contribution in [2.24, 2.45) is 0 Å². The van der Waals surface area contributed by atoms with E-state index >= 15 is 0 Å². The molecule has 4 aromatic rings. The van der Waals surface area contributed by atoms with E-state index in [1.165, 1.54) is 38.8 Å². The van der Waals surface area contributed by atoms with E-state index < -0.39 is 0 Å². The third kappa shape index (κ3) is 3.55. The SMILES string of the molecule is Cc1ccc(-c2ccc(N(c3cccc4ccccc34)C3C=CC=CC3)cc2)cc1. The molecule has 0 heterocycles. The quantitative estimate of drug-likeness (QED) is 0.345. The first kappa shape index (κ1) is 18.4. The van der Waals surface area contributed by atoms with Crippen LogP contribution in [-0.4, -0.2) is 6.04 Å². The molecule has 1 unspecified atom stereocenters. The van der Waals surface area contributed by atoms with Gasteiger partial charge in [-0.25, -0.2) is 0 Å². The molecule has 0 spiro atoms. The van der Waals surface area contributed by atoms with Gasteiger partial charge in [0.1, 0.15) is 0 Å². The Hall–Kier alpha value is -3.58. The third-order valence-electron chi connectivity index (χ3n) is 5.85. The van der Waals surface area contributed by atoms with Crippen LogP contribution in [0, 0.1) is 6.92 Å². The maximum atomic E-state index is 2.47. The summed E-state index contributed by atoms with van der Waals surface area (Å²) in [5.74, 6) is 0. The summed E-state index contributed by atoms with van der Waals surface area (Å²) in [6.07, 6.45) is 9.85. The fraction of sp³-hybridized carbons (Fsp3) is 0.103. The number of hydrogen-bond acceptors (Lipinski definition) is 1. The minimum absolute atomic E-state index is 0.297. The van der Waals surface area contributed by atoms with Gasteiger partial charge in [-0.3, -0.25) is 0 Å². The smallest absolute Gasteiger partial charge is 0.0560 e. The molecule has 146 valence electrons. The molecule has 0 bridgehead atoms. The van der Waals surface area contributed by atoms with Crippen molar-refractivity contribution in [2.45, 2.75) is 19.4 Å². The lowest BCUT2D eigenvalue weighted by Gasteiger charge is -2.33. The summed E-state index contributed by atoms with van der Waals surface area (Å²) in [6, 6.07) is 33.2. The molecule has 0 aromatic heterocycles. The number of anilines is 2. The number of hydrogen-bond donors (Lipinski definition) is 0. The van der Waals surface area contributed by atoms with Crippen molar-refractivity contribution in [3.05, 3.63) is 121 Å². The highest BCUT2D eigenvalue weighted by molar-refractivity contribution is 5.96. The minimum atomic E-state index is 0.297. The predicted molar refractivity (Wildman–Crippen MR) is 129 cm³/mol. The molecule has 1 nitrogen and oxygen atoms in total. The first-order chi connectivity index (χ1) is 14.8. The topological polar surface area (TPSA) is 3.24 Å². The van der Waals surface area contributed by atoms with Gasteiger partial charge in [-0.05, 0) is 48.1 Å². The van der Waals surface area contributed by atoms with Gasteiger partial charge in [-0.2, -0.15) is 0 Å². The van der Waals surface area contributed by atoms with Gasteiger partial charge in [0, 0.05) is 16.8 Å². The molecule has 0 fully saturated rings. The van der Waals surface area contributed by atoms with Gasteiger partial charge in [0.2, 0.25) is 0 Å². The molecule has 0 saturated heterocycles. The highest BCUT2D eigenvalue weighted by Gasteiger charge is 2.20. The molecule has 1 aliphatic carbocycles. The average Bonchev–Trinajstić information content (AvgIpc) is 2.81. The predicted octanol–water partition coefficient (Wildman–Crippen LogP) is 7.84. The van der Waals surface area contributed by atoms with Crippen LogP contribution in [0.15, 0.2) is 115 Å². The Balaban J connectivity index is 1.59. The van der Waals surface area contributed by atoms with E-state index in [9.17, 15) is 0 Å². The van der Waals surface area contributed by atoms with E-state index in [-0.39, 0.29) is 0 Å². The van der Waals surface area contributed by atoms with Crippen LogP contribution >= 0.6 is 0 Å². The molecule has 1 atom stereocenters. The largest absolute Gasteiger partial charge is 0.334 e. The normalized spacial score (nSPS) is 15.4. The van der Waals surface area contributed by atoms with Crippen molar-refractivity contribution >= 4 is 22.1 Å². The van der Waals surface area contributed by atoms with Gasteiger partial charge >= 0.3 is 0 Å². The molecular weight excluding hydrogens is 362 g/mol. The fourth-order valence-electron chi connectivity index (χ4n) is 4.25. The van der Waals surface area contributed by atoms with Crippen molar-refractivity contribution in [1.29, 1.82) is 0 Å². The zero-order valence-electron chi connectivity index (χ0n) is 17.2. The molecule has 30 heavy (non-hydrogen) atoms. The lowest BCUT2D eigenvalue weighted by Crippen LogP contribution is -2.29. The summed E-state index contributed by atoms with van der Waals surface area (Å²) in [4.78, 5) is 2.47. The second-order valence-corrected chi connectivity index (χ2v) is 7.90. The average molecular weight is 388 g/mol. The third-order valence-corrected chi connectivity index (χ3v) is 5.85. The Bertz CT molecular complexity index is 1210. The molecule has 1 heteroatoms. The van der Waals surface area contributed by atoms with Gasteiger partial charge in [0.05, 0.1) is 6.04 Å². The van der Waals surface area contributed by atoms with E-state index in [0.717, 1.165) is 6.42 Å². The zero-order valence-corrected chi connectivity index (χ0v) is 17.2. The van der Waals surface area contributed by atoms with Crippen molar-refractivity contribution in [3.8, 4) is 11.1 Å². The van der Waals surface area contributed by atoms with Gasteiger partial charge < -0.3 is 4.90 Å². The lowest BCUT2D eigenvalue weighted by atomic mass is 10.00. The van der Waals surface area contributed by atoms with Crippen molar-refractivity contribution < 1.29 is 0 Å². The molecule has 0 amide bonds. The molecule has 1 aliphatic rings. The van der Waals surface area contributed by atoms with Gasteiger partial charge in [-0.15, -0.1) is 0 Å². The van der Waals surface area contributed by atoms with E-state index in [1.54, 1.807) is 0 Å². The Kier molecular flexibility index (Phi) is 4.94. The van der Waals surface area contributed by atoms with Crippen LogP contribution in [0.5, 0.6) is 0 Å². The Labute approximate surface area is 178 Å². The second kappa shape index (κ2) is 8.04. The molecule has 5 rings (SSSR count). The highest BCUT2D eigenvalue weighted by Crippen LogP contribution is 2.36. The molecule has 0 aliphatic heterocycles. The van der Waals surface area contributed by atoms with Crippen LogP contribution in [0.1, 0.15) is 12.0 Å². The van der Waals surface area contributed by atoms with Crippen LogP contribution in [0.2, 0.25) is 0 Å².